The molecule has 4 aromatic carbocycles. The van der Waals surface area contributed by atoms with Crippen LogP contribution in [-0.2, 0) is 68.5 Å². The zero-order valence-electron chi connectivity index (χ0n) is 33.9. The maximum Gasteiger partial charge on any atom is 0.308 e. The van der Waals surface area contributed by atoms with Crippen LogP contribution in [0.5, 0.6) is 0 Å². The topological polar surface area (TPSA) is 178 Å². The van der Waals surface area contributed by atoms with Gasteiger partial charge in [0.05, 0.1) is 6.61 Å². The smallest absolute Gasteiger partial charge is 0.308 e. The minimum Gasteiger partial charge on any atom is -0.456 e. The Balaban J connectivity index is 0.946. The first-order valence-corrected chi connectivity index (χ1v) is 21.0. The van der Waals surface area contributed by atoms with E-state index in [1.54, 1.807) is 0 Å². The first kappa shape index (κ1) is 40.3. The fourth-order valence-corrected chi connectivity index (χ4v) is 8.35. The van der Waals surface area contributed by atoms with Gasteiger partial charge in [0.25, 0.3) is 0 Å². The summed E-state index contributed by atoms with van der Waals surface area (Å²) in [6, 6.07) is 31.1. The number of benzene rings is 4. The molecule has 13 nitrogen and oxygen atoms in total. The molecule has 5 heterocycles. The van der Waals surface area contributed by atoms with Gasteiger partial charge < -0.3 is 43.6 Å². The van der Waals surface area contributed by atoms with Crippen molar-refractivity contribution in [2.45, 2.75) is 76.0 Å². The Morgan fingerprint density at radius 3 is 1.15 bits per heavy atom. The lowest BCUT2D eigenvalue weighted by molar-refractivity contribution is -0.275. The van der Waals surface area contributed by atoms with E-state index in [4.69, 9.17) is 23.7 Å². The largest absolute Gasteiger partial charge is 0.456 e. The van der Waals surface area contributed by atoms with Crippen molar-refractivity contribution in [1.82, 2.24) is 19.9 Å². The Morgan fingerprint density at radius 2 is 0.758 bits per heavy atom. The van der Waals surface area contributed by atoms with Crippen LogP contribution in [0.2, 0.25) is 0 Å². The van der Waals surface area contributed by atoms with E-state index in [1.807, 2.05) is 122 Å². The molecule has 1 saturated heterocycles. The maximum absolute atomic E-state index is 13.8. The minimum atomic E-state index is -1.46. The van der Waals surface area contributed by atoms with Gasteiger partial charge in [0.1, 0.15) is 0 Å². The molecule has 4 N–H and O–H groups in total. The van der Waals surface area contributed by atoms with Gasteiger partial charge in [-0.3, -0.25) is 19.2 Å². The van der Waals surface area contributed by atoms with E-state index in [0.717, 1.165) is 65.9 Å². The van der Waals surface area contributed by atoms with Gasteiger partial charge in [0, 0.05) is 94.1 Å². The van der Waals surface area contributed by atoms with E-state index in [9.17, 15) is 19.2 Å². The van der Waals surface area contributed by atoms with Gasteiger partial charge in [-0.1, -0.05) is 72.8 Å². The molecule has 13 heteroatoms. The van der Waals surface area contributed by atoms with Crippen molar-refractivity contribution in [1.29, 1.82) is 0 Å². The van der Waals surface area contributed by atoms with Crippen LogP contribution in [0.3, 0.4) is 0 Å². The van der Waals surface area contributed by atoms with Gasteiger partial charge in [0.2, 0.25) is 12.4 Å². The monoisotopic (exact) mass is 834 g/mol. The molecule has 0 aliphatic carbocycles. The summed E-state index contributed by atoms with van der Waals surface area (Å²) < 4.78 is 30.2. The first-order chi connectivity index (χ1) is 30.4. The standard InChI is InChI=1S/C49H46N4O9/c54-43(21-17-30-25-50-38-13-5-1-9-34(30)38)59-42-29-58-49(62-46(57)24-20-33-28-53-41-16-8-4-12-37(33)41)48(61-45(56)23-19-32-27-52-40-15-7-3-11-36(32)40)47(42)60-44(55)22-18-31-26-51-39-14-6-2-10-35(31)39/h1-16,25-28,42,47-53H,17-24,29H2/t42-,47-,48-,49+/m1/s1. The molecule has 9 rings (SSSR count). The third-order valence-electron chi connectivity index (χ3n) is 11.5. The maximum atomic E-state index is 13.8. The number of nitrogens with one attached hydrogen (secondary N) is 4. The number of hydrogen-bond donors (Lipinski definition) is 4. The summed E-state index contributed by atoms with van der Waals surface area (Å²) in [7, 11) is 0. The molecule has 1 aliphatic heterocycles. The number of H-pyrrole nitrogens is 4. The number of carbonyl (C=O) groups excluding carboxylic acids is 4. The molecule has 316 valence electrons. The molecule has 8 aromatic rings. The third kappa shape index (κ3) is 8.98. The Hall–Kier alpha value is -7.12. The van der Waals surface area contributed by atoms with Crippen LogP contribution in [-0.4, -0.2) is 75.0 Å². The second-order valence-corrected chi connectivity index (χ2v) is 15.6. The van der Waals surface area contributed by atoms with E-state index in [2.05, 4.69) is 19.9 Å². The summed E-state index contributed by atoms with van der Waals surface area (Å²) in [6.07, 6.45) is 3.33. The number of rotatable bonds is 16. The number of aromatic nitrogens is 4. The second-order valence-electron chi connectivity index (χ2n) is 15.6. The number of aryl methyl sites for hydroxylation is 4. The average molecular weight is 835 g/mol. The van der Waals surface area contributed by atoms with E-state index < -0.39 is 48.5 Å². The Morgan fingerprint density at radius 1 is 0.435 bits per heavy atom. The molecular formula is C49H46N4O9. The summed E-state index contributed by atoms with van der Waals surface area (Å²) in [5.74, 6) is -2.44. The quantitative estimate of drug-likeness (QED) is 0.0554. The second kappa shape index (κ2) is 18.2. The van der Waals surface area contributed by atoms with Crippen molar-refractivity contribution in [3.8, 4) is 0 Å². The van der Waals surface area contributed by atoms with Crippen molar-refractivity contribution in [3.63, 3.8) is 0 Å². The van der Waals surface area contributed by atoms with Crippen molar-refractivity contribution in [2.24, 2.45) is 0 Å². The molecule has 1 aliphatic rings. The van der Waals surface area contributed by atoms with Crippen LogP contribution in [0.4, 0.5) is 0 Å². The van der Waals surface area contributed by atoms with Gasteiger partial charge in [-0.15, -0.1) is 0 Å². The Labute approximate surface area is 356 Å². The van der Waals surface area contributed by atoms with Gasteiger partial charge >= 0.3 is 23.9 Å². The first-order valence-electron chi connectivity index (χ1n) is 21.0. The number of hydrogen-bond acceptors (Lipinski definition) is 9. The molecule has 4 atom stereocenters. The summed E-state index contributed by atoms with van der Waals surface area (Å²) >= 11 is 0. The number of fused-ring (bicyclic) bond motifs is 4. The highest BCUT2D eigenvalue weighted by Crippen LogP contribution is 2.29. The molecule has 62 heavy (non-hydrogen) atoms. The van der Waals surface area contributed by atoms with Crippen molar-refractivity contribution in [3.05, 3.63) is 144 Å². The summed E-state index contributed by atoms with van der Waals surface area (Å²) in [6.45, 7) is -0.289. The zero-order valence-corrected chi connectivity index (χ0v) is 33.9. The molecular weight excluding hydrogens is 789 g/mol. The number of para-hydroxylation sites is 4. The summed E-state index contributed by atoms with van der Waals surface area (Å²) in [4.78, 5) is 67.6. The van der Waals surface area contributed by atoms with Crippen molar-refractivity contribution >= 4 is 67.5 Å². The van der Waals surface area contributed by atoms with Crippen LogP contribution in [0.15, 0.2) is 122 Å². The predicted octanol–water partition coefficient (Wildman–Crippen LogP) is 8.08. The van der Waals surface area contributed by atoms with Gasteiger partial charge in [-0.2, -0.15) is 0 Å². The third-order valence-corrected chi connectivity index (χ3v) is 11.5. The minimum absolute atomic E-state index is 0.00966. The molecule has 0 saturated carbocycles. The predicted molar refractivity (Wildman–Crippen MR) is 232 cm³/mol. The lowest BCUT2D eigenvalue weighted by Crippen LogP contribution is -2.58. The molecule has 0 bridgehead atoms. The molecule has 0 amide bonds. The van der Waals surface area contributed by atoms with Gasteiger partial charge in [-0.05, 0) is 72.2 Å². The molecule has 0 spiro atoms. The fourth-order valence-electron chi connectivity index (χ4n) is 8.35. The SMILES string of the molecule is O=C(CCc1c[nH]c2ccccc12)O[C@@H]1OC[C@@H](OC(=O)CCc2c[nH]c3ccccc23)[C@@H](OC(=O)CCc2c[nH]c3ccccc23)[C@H]1OC(=O)CCc1c[nH]c2ccccc12. The van der Waals surface area contributed by atoms with E-state index in [-0.39, 0.29) is 32.3 Å². The number of esters is 4. The number of carbonyl (C=O) groups is 4. The van der Waals surface area contributed by atoms with Crippen LogP contribution in [0.25, 0.3) is 43.6 Å². The zero-order chi connectivity index (χ0) is 42.4. The van der Waals surface area contributed by atoms with Crippen molar-refractivity contribution in [2.75, 3.05) is 6.61 Å². The van der Waals surface area contributed by atoms with Gasteiger partial charge in [0.15, 0.2) is 12.2 Å². The molecule has 0 radical (unpaired) electrons. The lowest BCUT2D eigenvalue weighted by atomic mass is 10.0. The van der Waals surface area contributed by atoms with Crippen molar-refractivity contribution < 1.29 is 42.9 Å². The van der Waals surface area contributed by atoms with Gasteiger partial charge in [-0.25, -0.2) is 0 Å². The van der Waals surface area contributed by atoms with E-state index in [0.29, 0.717) is 25.7 Å². The van der Waals surface area contributed by atoms with Crippen LogP contribution >= 0.6 is 0 Å². The van der Waals surface area contributed by atoms with Crippen LogP contribution < -0.4 is 0 Å². The highest BCUT2D eigenvalue weighted by Gasteiger charge is 2.49. The molecule has 4 aromatic heterocycles. The number of aromatic amines is 4. The summed E-state index contributed by atoms with van der Waals surface area (Å²) in [5, 5.41) is 3.95. The van der Waals surface area contributed by atoms with Crippen LogP contribution in [0, 0.1) is 0 Å². The highest BCUT2D eigenvalue weighted by molar-refractivity contribution is 5.86. The lowest BCUT2D eigenvalue weighted by Gasteiger charge is -2.40. The summed E-state index contributed by atoms with van der Waals surface area (Å²) in [5.41, 5.74) is 7.49. The highest BCUT2D eigenvalue weighted by atomic mass is 16.7. The molecule has 0 unspecified atom stereocenters. The van der Waals surface area contributed by atoms with E-state index in [1.165, 1.54) is 0 Å². The van der Waals surface area contributed by atoms with E-state index >= 15 is 0 Å². The Kier molecular flexibility index (Phi) is 11.9. The van der Waals surface area contributed by atoms with Crippen LogP contribution in [0.1, 0.15) is 47.9 Å². The Bertz CT molecular complexity index is 2670. The molecule has 1 fully saturated rings. The normalized spacial score (nSPS) is 17.7. The fraction of sp³-hybridized carbons (Fsp3) is 0.265. The average Bonchev–Trinajstić information content (AvgIpc) is 4.10. The number of ether oxygens (including phenoxy) is 5.